The van der Waals surface area contributed by atoms with Gasteiger partial charge in [-0.25, -0.2) is 0 Å². The van der Waals surface area contributed by atoms with Crippen molar-refractivity contribution < 1.29 is 24.6 Å². The molecule has 0 saturated carbocycles. The predicted molar refractivity (Wildman–Crippen MR) is 75.3 cm³/mol. The molecular weight excluding hydrogens is 264 g/mol. The maximum atomic E-state index is 10.8. The summed E-state index contributed by atoms with van der Waals surface area (Å²) >= 11 is 0. The summed E-state index contributed by atoms with van der Waals surface area (Å²) in [5.41, 5.74) is 5.16. The third-order valence-electron chi connectivity index (χ3n) is 2.39. The monoisotopic (exact) mass is 290 g/mol. The molecule has 0 saturated heterocycles. The highest BCUT2D eigenvalue weighted by Gasteiger charge is 2.03. The van der Waals surface area contributed by atoms with Crippen molar-refractivity contribution in [1.29, 1.82) is 0 Å². The number of rotatable bonds is 9. The normalized spacial score (nSPS) is 10.9. The zero-order chi connectivity index (χ0) is 16.0. The Morgan fingerprint density at radius 2 is 1.60 bits per heavy atom. The van der Waals surface area contributed by atoms with Crippen LogP contribution in [-0.4, -0.2) is 40.6 Å². The molecule has 1 unspecified atom stereocenters. The summed E-state index contributed by atoms with van der Waals surface area (Å²) in [5.74, 6) is -2.21. The van der Waals surface area contributed by atoms with Crippen LogP contribution >= 0.6 is 0 Å². The van der Waals surface area contributed by atoms with Crippen molar-refractivity contribution in [3.63, 3.8) is 0 Å². The Morgan fingerprint density at radius 1 is 1.10 bits per heavy atom. The first-order chi connectivity index (χ1) is 9.33. The lowest BCUT2D eigenvalue weighted by molar-refractivity contribution is -0.143. The molecular formula is C13H26N2O5. The van der Waals surface area contributed by atoms with Crippen molar-refractivity contribution in [3.05, 3.63) is 0 Å². The summed E-state index contributed by atoms with van der Waals surface area (Å²) in [6, 6.07) is 0.271. The molecule has 0 aromatic heterocycles. The zero-order valence-corrected chi connectivity index (χ0v) is 12.2. The highest BCUT2D eigenvalue weighted by molar-refractivity contribution is 5.78. The van der Waals surface area contributed by atoms with Gasteiger partial charge < -0.3 is 21.3 Å². The Bertz CT molecular complexity index is 280. The van der Waals surface area contributed by atoms with Gasteiger partial charge in [-0.05, 0) is 13.3 Å². The van der Waals surface area contributed by atoms with Crippen LogP contribution in [0, 0.1) is 0 Å². The fourth-order valence-corrected chi connectivity index (χ4v) is 1.32. The average Bonchev–Trinajstić information content (AvgIpc) is 2.37. The summed E-state index contributed by atoms with van der Waals surface area (Å²) in [7, 11) is 0. The number of carbonyl (C=O) groups excluding carboxylic acids is 1. The summed E-state index contributed by atoms with van der Waals surface area (Å²) in [5, 5.41) is 18.6. The Kier molecular flexibility index (Phi) is 14.3. The third kappa shape index (κ3) is 18.7. The van der Waals surface area contributed by atoms with Crippen LogP contribution in [0.25, 0.3) is 0 Å². The van der Waals surface area contributed by atoms with E-state index in [4.69, 9.17) is 15.9 Å². The smallest absolute Gasteiger partial charge is 0.303 e. The molecule has 0 fully saturated rings. The molecule has 0 aromatic rings. The first-order valence-electron chi connectivity index (χ1n) is 6.76. The number of nitrogens with two attached hydrogens (primary N) is 1. The molecule has 7 heteroatoms. The van der Waals surface area contributed by atoms with Crippen molar-refractivity contribution in [3.8, 4) is 0 Å². The maximum Gasteiger partial charge on any atom is 0.303 e. The van der Waals surface area contributed by atoms with Crippen LogP contribution in [-0.2, 0) is 14.4 Å². The summed E-state index contributed by atoms with van der Waals surface area (Å²) in [6.45, 7) is 4.28. The van der Waals surface area contributed by atoms with E-state index in [1.807, 2.05) is 6.92 Å². The number of carboxylic acid groups (broad SMARTS) is 2. The summed E-state index contributed by atoms with van der Waals surface area (Å²) in [6.07, 6.45) is 4.10. The molecule has 0 heterocycles. The Labute approximate surface area is 119 Å². The van der Waals surface area contributed by atoms with Crippen LogP contribution in [0.4, 0.5) is 0 Å². The van der Waals surface area contributed by atoms with Crippen LogP contribution in [0.3, 0.4) is 0 Å². The largest absolute Gasteiger partial charge is 0.481 e. The van der Waals surface area contributed by atoms with E-state index >= 15 is 0 Å². The van der Waals surface area contributed by atoms with E-state index in [1.165, 1.54) is 19.3 Å². The second-order valence-corrected chi connectivity index (χ2v) is 4.46. The SMILES string of the molecule is CCCCCC(C)NC(=O)CN.O=C(O)CCC(=O)O. The van der Waals surface area contributed by atoms with Crippen molar-refractivity contribution in [2.45, 2.75) is 58.4 Å². The van der Waals surface area contributed by atoms with Gasteiger partial charge in [-0.1, -0.05) is 26.2 Å². The molecule has 0 aliphatic heterocycles. The van der Waals surface area contributed by atoms with E-state index in [2.05, 4.69) is 12.2 Å². The van der Waals surface area contributed by atoms with E-state index in [1.54, 1.807) is 0 Å². The van der Waals surface area contributed by atoms with Gasteiger partial charge in [0.15, 0.2) is 0 Å². The highest BCUT2D eigenvalue weighted by atomic mass is 16.4. The van der Waals surface area contributed by atoms with Crippen LogP contribution in [0.1, 0.15) is 52.4 Å². The van der Waals surface area contributed by atoms with E-state index in [9.17, 15) is 14.4 Å². The minimum atomic E-state index is -1.08. The molecule has 0 rings (SSSR count). The Hall–Kier alpha value is -1.63. The van der Waals surface area contributed by atoms with Crippen LogP contribution < -0.4 is 11.1 Å². The summed E-state index contributed by atoms with van der Waals surface area (Å²) in [4.78, 5) is 30.1. The van der Waals surface area contributed by atoms with E-state index in [0.717, 1.165) is 6.42 Å². The number of unbranched alkanes of at least 4 members (excludes halogenated alkanes) is 2. The average molecular weight is 290 g/mol. The van der Waals surface area contributed by atoms with Gasteiger partial charge in [0, 0.05) is 6.04 Å². The summed E-state index contributed by atoms with van der Waals surface area (Å²) < 4.78 is 0. The van der Waals surface area contributed by atoms with E-state index in [-0.39, 0.29) is 31.3 Å². The molecule has 1 amide bonds. The standard InChI is InChI=1S/C9H20N2O.C4H6O4/c1-3-4-5-6-8(2)11-9(12)7-10;5-3(6)1-2-4(7)8/h8H,3-7,10H2,1-2H3,(H,11,12);1-2H2,(H,5,6)(H,7,8). The molecule has 0 aliphatic rings. The van der Waals surface area contributed by atoms with Crippen molar-refractivity contribution >= 4 is 17.8 Å². The van der Waals surface area contributed by atoms with Gasteiger partial charge in [0.05, 0.1) is 19.4 Å². The van der Waals surface area contributed by atoms with Gasteiger partial charge in [-0.2, -0.15) is 0 Å². The van der Waals surface area contributed by atoms with Gasteiger partial charge in [0.2, 0.25) is 5.91 Å². The molecule has 20 heavy (non-hydrogen) atoms. The maximum absolute atomic E-state index is 10.8. The lowest BCUT2D eigenvalue weighted by Crippen LogP contribution is -2.36. The lowest BCUT2D eigenvalue weighted by atomic mass is 10.1. The predicted octanol–water partition coefficient (Wildman–Crippen LogP) is 0.966. The van der Waals surface area contributed by atoms with Gasteiger partial charge in [-0.15, -0.1) is 0 Å². The number of aliphatic carboxylic acids is 2. The van der Waals surface area contributed by atoms with Crippen molar-refractivity contribution in [2.24, 2.45) is 5.73 Å². The fraction of sp³-hybridized carbons (Fsp3) is 0.769. The van der Waals surface area contributed by atoms with Crippen LogP contribution in [0.5, 0.6) is 0 Å². The lowest BCUT2D eigenvalue weighted by Gasteiger charge is -2.12. The minimum Gasteiger partial charge on any atom is -0.481 e. The number of hydrogen-bond acceptors (Lipinski definition) is 4. The number of carboxylic acids is 2. The molecule has 7 nitrogen and oxygen atoms in total. The topological polar surface area (TPSA) is 130 Å². The molecule has 0 bridgehead atoms. The Morgan fingerprint density at radius 3 is 1.95 bits per heavy atom. The first kappa shape index (κ1) is 20.7. The molecule has 0 radical (unpaired) electrons. The first-order valence-corrected chi connectivity index (χ1v) is 6.76. The molecule has 5 N–H and O–H groups in total. The third-order valence-corrected chi connectivity index (χ3v) is 2.39. The van der Waals surface area contributed by atoms with Crippen LogP contribution in [0.2, 0.25) is 0 Å². The van der Waals surface area contributed by atoms with Gasteiger partial charge in [0.1, 0.15) is 0 Å². The molecule has 0 aliphatic carbocycles. The number of amides is 1. The van der Waals surface area contributed by atoms with E-state index < -0.39 is 11.9 Å². The number of carbonyl (C=O) groups is 3. The quantitative estimate of drug-likeness (QED) is 0.468. The van der Waals surface area contributed by atoms with Gasteiger partial charge >= 0.3 is 11.9 Å². The molecule has 1 atom stereocenters. The fourth-order valence-electron chi connectivity index (χ4n) is 1.32. The molecule has 118 valence electrons. The number of hydrogen-bond donors (Lipinski definition) is 4. The van der Waals surface area contributed by atoms with Gasteiger partial charge in [-0.3, -0.25) is 14.4 Å². The second-order valence-electron chi connectivity index (χ2n) is 4.46. The van der Waals surface area contributed by atoms with Crippen molar-refractivity contribution in [2.75, 3.05) is 6.54 Å². The second kappa shape index (κ2) is 13.8. The van der Waals surface area contributed by atoms with Crippen LogP contribution in [0.15, 0.2) is 0 Å². The molecule has 0 spiro atoms. The van der Waals surface area contributed by atoms with E-state index in [0.29, 0.717) is 0 Å². The molecule has 0 aromatic carbocycles. The zero-order valence-electron chi connectivity index (χ0n) is 12.2. The minimum absolute atomic E-state index is 0.0565. The van der Waals surface area contributed by atoms with Crippen molar-refractivity contribution in [1.82, 2.24) is 5.32 Å². The number of nitrogens with one attached hydrogen (secondary N) is 1. The Balaban J connectivity index is 0. The highest BCUT2D eigenvalue weighted by Crippen LogP contribution is 2.02. The van der Waals surface area contributed by atoms with Gasteiger partial charge in [0.25, 0.3) is 0 Å².